The van der Waals surface area contributed by atoms with Crippen LogP contribution in [0, 0.1) is 5.41 Å². The third kappa shape index (κ3) is 5.55. The summed E-state index contributed by atoms with van der Waals surface area (Å²) in [6.07, 6.45) is 4.87. The summed E-state index contributed by atoms with van der Waals surface area (Å²) in [5, 5.41) is 0.182. The van der Waals surface area contributed by atoms with Crippen molar-refractivity contribution in [3.63, 3.8) is 0 Å². The molecule has 0 radical (unpaired) electrons. The monoisotopic (exact) mass is 238 g/mol. The van der Waals surface area contributed by atoms with E-state index in [2.05, 4.69) is 45.0 Å². The number of hydrogen-bond acceptors (Lipinski definition) is 0. The molecule has 0 amide bonds. The molecule has 0 nitrogen and oxygen atoms in total. The minimum absolute atomic E-state index is 0.182. The molecular formula is C15H23Cl. The van der Waals surface area contributed by atoms with E-state index in [1.807, 2.05) is 6.07 Å². The van der Waals surface area contributed by atoms with Crippen LogP contribution in [0.15, 0.2) is 30.3 Å². The fourth-order valence-corrected chi connectivity index (χ4v) is 2.11. The van der Waals surface area contributed by atoms with Crippen LogP contribution in [0.1, 0.15) is 57.4 Å². The standard InChI is InChI=1S/C15H23Cl/c1-15(2,3)12-8-7-11-14(16)13-9-5-4-6-10-13/h4-6,9-10,14H,7-8,11-12H2,1-3H3. The Hall–Kier alpha value is -0.490. The van der Waals surface area contributed by atoms with Crippen LogP contribution in [0.5, 0.6) is 0 Å². The fraction of sp³-hybridized carbons (Fsp3) is 0.600. The zero-order valence-electron chi connectivity index (χ0n) is 10.7. The Balaban J connectivity index is 2.24. The van der Waals surface area contributed by atoms with E-state index >= 15 is 0 Å². The lowest BCUT2D eigenvalue weighted by Crippen LogP contribution is -2.04. The van der Waals surface area contributed by atoms with Crippen molar-refractivity contribution in [3.05, 3.63) is 35.9 Å². The van der Waals surface area contributed by atoms with Gasteiger partial charge in [0, 0.05) is 0 Å². The van der Waals surface area contributed by atoms with Crippen LogP contribution < -0.4 is 0 Å². The highest BCUT2D eigenvalue weighted by Crippen LogP contribution is 2.28. The summed E-state index contributed by atoms with van der Waals surface area (Å²) in [5.41, 5.74) is 1.70. The van der Waals surface area contributed by atoms with E-state index in [1.165, 1.54) is 24.8 Å². The summed E-state index contributed by atoms with van der Waals surface area (Å²) in [5.74, 6) is 0. The van der Waals surface area contributed by atoms with Gasteiger partial charge in [-0.05, 0) is 23.8 Å². The molecule has 1 atom stereocenters. The maximum absolute atomic E-state index is 6.36. The average Bonchev–Trinajstić information content (AvgIpc) is 2.24. The van der Waals surface area contributed by atoms with Crippen molar-refractivity contribution >= 4 is 11.6 Å². The topological polar surface area (TPSA) is 0 Å². The van der Waals surface area contributed by atoms with Crippen molar-refractivity contribution in [1.82, 2.24) is 0 Å². The highest BCUT2D eigenvalue weighted by molar-refractivity contribution is 6.20. The minimum atomic E-state index is 0.182. The fourth-order valence-electron chi connectivity index (χ4n) is 1.81. The van der Waals surface area contributed by atoms with Crippen LogP contribution in [0.3, 0.4) is 0 Å². The lowest BCUT2D eigenvalue weighted by molar-refractivity contribution is 0.357. The molecule has 0 bridgehead atoms. The molecule has 0 fully saturated rings. The van der Waals surface area contributed by atoms with E-state index in [4.69, 9.17) is 11.6 Å². The van der Waals surface area contributed by atoms with Gasteiger partial charge in [-0.1, -0.05) is 63.9 Å². The molecule has 0 N–H and O–H groups in total. The maximum Gasteiger partial charge on any atom is 0.0585 e. The zero-order chi connectivity index (χ0) is 12.0. The average molecular weight is 239 g/mol. The van der Waals surface area contributed by atoms with Gasteiger partial charge in [0.05, 0.1) is 5.38 Å². The van der Waals surface area contributed by atoms with Crippen molar-refractivity contribution in [2.75, 3.05) is 0 Å². The van der Waals surface area contributed by atoms with Crippen molar-refractivity contribution in [2.24, 2.45) is 5.41 Å². The van der Waals surface area contributed by atoms with Gasteiger partial charge in [-0.2, -0.15) is 0 Å². The SMILES string of the molecule is CC(C)(C)CCCCC(Cl)c1ccccc1. The lowest BCUT2D eigenvalue weighted by atomic mass is 9.89. The Morgan fingerprint density at radius 2 is 1.69 bits per heavy atom. The third-order valence-corrected chi connectivity index (χ3v) is 3.27. The van der Waals surface area contributed by atoms with Gasteiger partial charge in [-0.3, -0.25) is 0 Å². The second kappa shape index (κ2) is 6.30. The van der Waals surface area contributed by atoms with Crippen LogP contribution in [0.2, 0.25) is 0 Å². The van der Waals surface area contributed by atoms with E-state index in [-0.39, 0.29) is 5.38 Å². The first-order valence-corrected chi connectivity index (χ1v) is 6.62. The Kier molecular flexibility index (Phi) is 5.34. The quantitative estimate of drug-likeness (QED) is 0.465. The van der Waals surface area contributed by atoms with Gasteiger partial charge >= 0.3 is 0 Å². The van der Waals surface area contributed by atoms with Crippen molar-refractivity contribution in [3.8, 4) is 0 Å². The molecule has 90 valence electrons. The van der Waals surface area contributed by atoms with Crippen molar-refractivity contribution in [2.45, 2.75) is 51.8 Å². The number of benzene rings is 1. The smallest absolute Gasteiger partial charge is 0.0585 e. The molecule has 0 spiro atoms. The van der Waals surface area contributed by atoms with Crippen LogP contribution >= 0.6 is 11.6 Å². The van der Waals surface area contributed by atoms with Gasteiger partial charge in [-0.15, -0.1) is 11.6 Å². The maximum atomic E-state index is 6.36. The van der Waals surface area contributed by atoms with Crippen molar-refractivity contribution in [1.29, 1.82) is 0 Å². The minimum Gasteiger partial charge on any atom is -0.118 e. The molecule has 0 heterocycles. The predicted octanol–water partition coefficient (Wildman–Crippen LogP) is 5.57. The van der Waals surface area contributed by atoms with Crippen LogP contribution in [-0.4, -0.2) is 0 Å². The Morgan fingerprint density at radius 3 is 2.25 bits per heavy atom. The van der Waals surface area contributed by atoms with Crippen LogP contribution in [0.25, 0.3) is 0 Å². The number of halogens is 1. The van der Waals surface area contributed by atoms with E-state index in [0.29, 0.717) is 5.41 Å². The van der Waals surface area contributed by atoms with Gasteiger partial charge in [0.15, 0.2) is 0 Å². The first-order chi connectivity index (χ1) is 7.49. The first kappa shape index (κ1) is 13.6. The molecule has 1 aromatic carbocycles. The van der Waals surface area contributed by atoms with Crippen LogP contribution in [-0.2, 0) is 0 Å². The normalized spacial score (nSPS) is 13.8. The van der Waals surface area contributed by atoms with Gasteiger partial charge in [0.2, 0.25) is 0 Å². The van der Waals surface area contributed by atoms with E-state index in [1.54, 1.807) is 0 Å². The van der Waals surface area contributed by atoms with Gasteiger partial charge < -0.3 is 0 Å². The molecule has 0 saturated carbocycles. The summed E-state index contributed by atoms with van der Waals surface area (Å²) >= 11 is 6.36. The predicted molar refractivity (Wildman–Crippen MR) is 73.0 cm³/mol. The van der Waals surface area contributed by atoms with Gasteiger partial charge in [0.1, 0.15) is 0 Å². The highest BCUT2D eigenvalue weighted by Gasteiger charge is 2.11. The number of alkyl halides is 1. The summed E-state index contributed by atoms with van der Waals surface area (Å²) in [7, 11) is 0. The van der Waals surface area contributed by atoms with E-state index < -0.39 is 0 Å². The molecule has 1 rings (SSSR count). The molecule has 0 aliphatic heterocycles. The Bertz CT molecular complexity index is 284. The van der Waals surface area contributed by atoms with Gasteiger partial charge in [-0.25, -0.2) is 0 Å². The number of unbranched alkanes of at least 4 members (excludes halogenated alkanes) is 1. The molecule has 0 aliphatic rings. The lowest BCUT2D eigenvalue weighted by Gasteiger charge is -2.18. The summed E-state index contributed by atoms with van der Waals surface area (Å²) < 4.78 is 0. The molecule has 0 aliphatic carbocycles. The molecule has 16 heavy (non-hydrogen) atoms. The summed E-state index contributed by atoms with van der Waals surface area (Å²) in [6.45, 7) is 6.88. The summed E-state index contributed by atoms with van der Waals surface area (Å²) in [4.78, 5) is 0. The molecule has 1 aromatic rings. The molecule has 0 aromatic heterocycles. The zero-order valence-corrected chi connectivity index (χ0v) is 11.4. The molecular weight excluding hydrogens is 216 g/mol. The Morgan fingerprint density at radius 1 is 1.06 bits per heavy atom. The number of hydrogen-bond donors (Lipinski definition) is 0. The largest absolute Gasteiger partial charge is 0.118 e. The second-order valence-electron chi connectivity index (χ2n) is 5.68. The molecule has 1 unspecified atom stereocenters. The highest BCUT2D eigenvalue weighted by atomic mass is 35.5. The van der Waals surface area contributed by atoms with Gasteiger partial charge in [0.25, 0.3) is 0 Å². The Labute approximate surface area is 105 Å². The third-order valence-electron chi connectivity index (χ3n) is 2.80. The molecule has 1 heteroatoms. The van der Waals surface area contributed by atoms with Crippen molar-refractivity contribution < 1.29 is 0 Å². The first-order valence-electron chi connectivity index (χ1n) is 6.18. The van der Waals surface area contributed by atoms with Crippen LogP contribution in [0.4, 0.5) is 0 Å². The second-order valence-corrected chi connectivity index (χ2v) is 6.21. The van der Waals surface area contributed by atoms with E-state index in [9.17, 15) is 0 Å². The van der Waals surface area contributed by atoms with E-state index in [0.717, 1.165) is 6.42 Å². The molecule has 0 saturated heterocycles. The summed E-state index contributed by atoms with van der Waals surface area (Å²) in [6, 6.07) is 10.4. The number of rotatable bonds is 5.